The molecule has 1 heterocycles. The van der Waals surface area contributed by atoms with Crippen LogP contribution in [-0.4, -0.2) is 25.2 Å². The Kier molecular flexibility index (Phi) is 4.08. The van der Waals surface area contributed by atoms with E-state index in [2.05, 4.69) is 12.2 Å². The van der Waals surface area contributed by atoms with E-state index in [0.29, 0.717) is 6.61 Å². The summed E-state index contributed by atoms with van der Waals surface area (Å²) in [6.07, 6.45) is 4.07. The van der Waals surface area contributed by atoms with Gasteiger partial charge < -0.3 is 10.1 Å². The number of unbranched alkanes of at least 4 members (excludes halogenated alkanes) is 1. The third kappa shape index (κ3) is 2.81. The van der Waals surface area contributed by atoms with Crippen molar-refractivity contribution in [1.29, 1.82) is 0 Å². The number of hydrogen-bond acceptors (Lipinski definition) is 3. The molecule has 0 radical (unpaired) electrons. The Labute approximate surface area is 73.5 Å². The van der Waals surface area contributed by atoms with E-state index in [0.717, 1.165) is 32.2 Å². The first-order valence-electron chi connectivity index (χ1n) is 4.74. The van der Waals surface area contributed by atoms with E-state index in [1.165, 1.54) is 0 Å². The zero-order valence-corrected chi connectivity index (χ0v) is 7.64. The number of carbonyl (C=O) groups is 1. The number of rotatable bonds is 4. The van der Waals surface area contributed by atoms with E-state index in [1.54, 1.807) is 0 Å². The summed E-state index contributed by atoms with van der Waals surface area (Å²) in [6, 6.07) is -0.0261. The Bertz CT molecular complexity index is 141. The first-order valence-corrected chi connectivity index (χ1v) is 4.74. The zero-order valence-electron chi connectivity index (χ0n) is 7.64. The minimum absolute atomic E-state index is 0.0261. The number of carbonyl (C=O) groups excluding carboxylic acids is 1. The van der Waals surface area contributed by atoms with Gasteiger partial charge in [-0.15, -0.1) is 0 Å². The lowest BCUT2D eigenvalue weighted by Crippen LogP contribution is -2.32. The van der Waals surface area contributed by atoms with Crippen molar-refractivity contribution in [2.24, 2.45) is 0 Å². The molecule has 0 bridgehead atoms. The maximum Gasteiger partial charge on any atom is 0.323 e. The molecule has 70 valence electrons. The monoisotopic (exact) mass is 171 g/mol. The molecule has 3 nitrogen and oxygen atoms in total. The van der Waals surface area contributed by atoms with Crippen LogP contribution >= 0.6 is 0 Å². The summed E-state index contributed by atoms with van der Waals surface area (Å²) in [5.41, 5.74) is 0. The number of esters is 1. The van der Waals surface area contributed by atoms with Gasteiger partial charge >= 0.3 is 5.97 Å². The van der Waals surface area contributed by atoms with E-state index in [-0.39, 0.29) is 12.0 Å². The van der Waals surface area contributed by atoms with Gasteiger partial charge in [-0.1, -0.05) is 13.3 Å². The first-order chi connectivity index (χ1) is 5.84. The summed E-state index contributed by atoms with van der Waals surface area (Å²) < 4.78 is 5.06. The summed E-state index contributed by atoms with van der Waals surface area (Å²) in [4.78, 5) is 11.2. The molecule has 0 amide bonds. The molecule has 0 spiro atoms. The van der Waals surface area contributed by atoms with E-state index in [1.807, 2.05) is 0 Å². The van der Waals surface area contributed by atoms with Crippen LogP contribution in [0.4, 0.5) is 0 Å². The van der Waals surface area contributed by atoms with Gasteiger partial charge in [-0.2, -0.15) is 0 Å². The van der Waals surface area contributed by atoms with Crippen LogP contribution < -0.4 is 5.32 Å². The first kappa shape index (κ1) is 9.52. The Morgan fingerprint density at radius 1 is 1.67 bits per heavy atom. The fourth-order valence-corrected chi connectivity index (χ4v) is 1.30. The zero-order chi connectivity index (χ0) is 8.81. The molecule has 3 heteroatoms. The quantitative estimate of drug-likeness (QED) is 0.508. The highest BCUT2D eigenvalue weighted by atomic mass is 16.5. The second-order valence-electron chi connectivity index (χ2n) is 3.17. The highest BCUT2D eigenvalue weighted by Crippen LogP contribution is 2.06. The van der Waals surface area contributed by atoms with E-state index in [9.17, 15) is 4.79 Å². The summed E-state index contributed by atoms with van der Waals surface area (Å²) in [6.45, 7) is 3.61. The normalized spacial score (nSPS) is 22.6. The molecule has 1 N–H and O–H groups in total. The minimum atomic E-state index is -0.0686. The highest BCUT2D eigenvalue weighted by molar-refractivity contribution is 5.76. The van der Waals surface area contributed by atoms with Crippen molar-refractivity contribution in [3.8, 4) is 0 Å². The van der Waals surface area contributed by atoms with Gasteiger partial charge in [-0.25, -0.2) is 0 Å². The molecule has 1 saturated heterocycles. The Morgan fingerprint density at radius 2 is 2.50 bits per heavy atom. The van der Waals surface area contributed by atoms with E-state index < -0.39 is 0 Å². The van der Waals surface area contributed by atoms with Gasteiger partial charge in [0.1, 0.15) is 6.04 Å². The maximum atomic E-state index is 11.2. The molecule has 0 saturated carbocycles. The summed E-state index contributed by atoms with van der Waals surface area (Å²) in [5.74, 6) is -0.0686. The van der Waals surface area contributed by atoms with Gasteiger partial charge in [0.2, 0.25) is 0 Å². The van der Waals surface area contributed by atoms with Crippen molar-refractivity contribution < 1.29 is 9.53 Å². The van der Waals surface area contributed by atoms with Crippen LogP contribution in [0, 0.1) is 0 Å². The largest absolute Gasteiger partial charge is 0.465 e. The van der Waals surface area contributed by atoms with Gasteiger partial charge in [0.05, 0.1) is 6.61 Å². The van der Waals surface area contributed by atoms with Crippen molar-refractivity contribution in [2.45, 2.75) is 38.6 Å². The van der Waals surface area contributed by atoms with Crippen LogP contribution in [0.25, 0.3) is 0 Å². The van der Waals surface area contributed by atoms with Crippen LogP contribution in [-0.2, 0) is 9.53 Å². The van der Waals surface area contributed by atoms with Crippen LogP contribution in [0.5, 0.6) is 0 Å². The van der Waals surface area contributed by atoms with Gasteiger partial charge in [0.15, 0.2) is 0 Å². The topological polar surface area (TPSA) is 38.3 Å². The average molecular weight is 171 g/mol. The summed E-state index contributed by atoms with van der Waals surface area (Å²) in [5, 5.41) is 3.11. The smallest absolute Gasteiger partial charge is 0.323 e. The fourth-order valence-electron chi connectivity index (χ4n) is 1.30. The molecule has 0 aromatic carbocycles. The standard InChI is InChI=1S/C9H17NO2/c1-2-3-7-12-9(11)8-5-4-6-10-8/h8,10H,2-7H2,1H3/t8-/m0/s1. The molecule has 1 aliphatic rings. The molecule has 1 fully saturated rings. The number of nitrogens with one attached hydrogen (secondary N) is 1. The molecule has 1 rings (SSSR count). The van der Waals surface area contributed by atoms with E-state index in [4.69, 9.17) is 4.74 Å². The van der Waals surface area contributed by atoms with Crippen LogP contribution in [0.15, 0.2) is 0 Å². The minimum Gasteiger partial charge on any atom is -0.465 e. The van der Waals surface area contributed by atoms with Gasteiger partial charge in [0, 0.05) is 0 Å². The van der Waals surface area contributed by atoms with Crippen LogP contribution in [0.3, 0.4) is 0 Å². The molecule has 0 aliphatic carbocycles. The third-order valence-corrected chi connectivity index (χ3v) is 2.09. The Balaban J connectivity index is 2.10. The van der Waals surface area contributed by atoms with Gasteiger partial charge in [0.25, 0.3) is 0 Å². The van der Waals surface area contributed by atoms with E-state index >= 15 is 0 Å². The van der Waals surface area contributed by atoms with Crippen molar-refractivity contribution in [2.75, 3.05) is 13.2 Å². The molecule has 0 aromatic rings. The van der Waals surface area contributed by atoms with Crippen molar-refractivity contribution in [1.82, 2.24) is 5.32 Å². The molecule has 1 atom stereocenters. The summed E-state index contributed by atoms with van der Waals surface area (Å²) >= 11 is 0. The molecule has 12 heavy (non-hydrogen) atoms. The lowest BCUT2D eigenvalue weighted by Gasteiger charge is -2.09. The van der Waals surface area contributed by atoms with Crippen molar-refractivity contribution in [3.63, 3.8) is 0 Å². The van der Waals surface area contributed by atoms with Gasteiger partial charge in [-0.05, 0) is 25.8 Å². The highest BCUT2D eigenvalue weighted by Gasteiger charge is 2.22. The fraction of sp³-hybridized carbons (Fsp3) is 0.889. The van der Waals surface area contributed by atoms with Crippen LogP contribution in [0.2, 0.25) is 0 Å². The lowest BCUT2D eigenvalue weighted by atomic mass is 10.2. The van der Waals surface area contributed by atoms with Gasteiger partial charge in [-0.3, -0.25) is 4.79 Å². The predicted molar refractivity (Wildman–Crippen MR) is 46.9 cm³/mol. The maximum absolute atomic E-state index is 11.2. The second-order valence-corrected chi connectivity index (χ2v) is 3.17. The van der Waals surface area contributed by atoms with Crippen LogP contribution in [0.1, 0.15) is 32.6 Å². The van der Waals surface area contributed by atoms with Crippen molar-refractivity contribution >= 4 is 5.97 Å². The van der Waals surface area contributed by atoms with Crippen molar-refractivity contribution in [3.05, 3.63) is 0 Å². The average Bonchev–Trinajstić information content (AvgIpc) is 2.56. The lowest BCUT2D eigenvalue weighted by molar-refractivity contribution is -0.145. The summed E-state index contributed by atoms with van der Waals surface area (Å²) in [7, 11) is 0. The number of hydrogen-bond donors (Lipinski definition) is 1. The Hall–Kier alpha value is -0.570. The second kappa shape index (κ2) is 5.14. The molecule has 0 unspecified atom stereocenters. The number of ether oxygens (including phenoxy) is 1. The molecule has 0 aromatic heterocycles. The molecule has 1 aliphatic heterocycles. The predicted octanol–water partition coefficient (Wildman–Crippen LogP) is 1.08. The third-order valence-electron chi connectivity index (χ3n) is 2.09. The Morgan fingerprint density at radius 3 is 3.08 bits per heavy atom. The molecular formula is C9H17NO2. The SMILES string of the molecule is CCCCOC(=O)[C@@H]1CCCN1. The molecular weight excluding hydrogens is 154 g/mol.